The minimum atomic E-state index is -0.671. The van der Waals surface area contributed by atoms with Crippen LogP contribution in [0.4, 0.5) is 0 Å². The summed E-state index contributed by atoms with van der Waals surface area (Å²) in [5, 5.41) is 10.5. The Hall–Kier alpha value is -3.28. The molecule has 0 radical (unpaired) electrons. The maximum Gasteiger partial charge on any atom is 0.290 e. The van der Waals surface area contributed by atoms with E-state index in [1.54, 1.807) is 26.2 Å². The van der Waals surface area contributed by atoms with Gasteiger partial charge < -0.3 is 19.5 Å². The number of amides is 1. The van der Waals surface area contributed by atoms with Crippen LogP contribution in [0.25, 0.3) is 0 Å². The Labute approximate surface area is 170 Å². The van der Waals surface area contributed by atoms with E-state index in [0.29, 0.717) is 18.1 Å². The van der Waals surface area contributed by atoms with Crippen molar-refractivity contribution in [1.29, 1.82) is 0 Å². The number of carbonyl (C=O) groups is 2. The lowest BCUT2D eigenvalue weighted by Gasteiger charge is -2.27. The molecule has 6 heteroatoms. The van der Waals surface area contributed by atoms with Crippen LogP contribution < -0.4 is 9.47 Å². The van der Waals surface area contributed by atoms with Gasteiger partial charge >= 0.3 is 0 Å². The quantitative estimate of drug-likeness (QED) is 0.732. The number of Topliss-reactive ketones (excluding diaryl/α,β-unsaturated/α-hetero) is 1. The molecule has 2 aromatic rings. The summed E-state index contributed by atoms with van der Waals surface area (Å²) >= 11 is 0. The number of carbonyl (C=O) groups excluding carboxylic acids is 2. The van der Waals surface area contributed by atoms with Gasteiger partial charge in [-0.2, -0.15) is 0 Å². The third-order valence-corrected chi connectivity index (χ3v) is 4.97. The predicted octanol–water partition coefficient (Wildman–Crippen LogP) is 3.97. The van der Waals surface area contributed by atoms with Crippen LogP contribution in [0.1, 0.15) is 37.4 Å². The normalized spacial score (nSPS) is 16.3. The molecule has 1 N–H and O–H groups in total. The molecule has 3 rings (SSSR count). The summed E-state index contributed by atoms with van der Waals surface area (Å²) in [5.74, 6) is 0.0448. The van der Waals surface area contributed by atoms with E-state index in [-0.39, 0.29) is 24.3 Å². The molecule has 0 fully saturated rings. The maximum absolute atomic E-state index is 12.9. The van der Waals surface area contributed by atoms with Gasteiger partial charge in [0.25, 0.3) is 5.91 Å². The summed E-state index contributed by atoms with van der Waals surface area (Å²) in [4.78, 5) is 27.0. The van der Waals surface area contributed by atoms with E-state index in [9.17, 15) is 14.7 Å². The van der Waals surface area contributed by atoms with Crippen molar-refractivity contribution >= 4 is 11.7 Å². The molecule has 152 valence electrons. The first-order chi connectivity index (χ1) is 14.0. The van der Waals surface area contributed by atoms with Crippen LogP contribution in [0.3, 0.4) is 0 Å². The monoisotopic (exact) mass is 395 g/mol. The molecule has 0 bridgehead atoms. The molecule has 0 aromatic heterocycles. The third kappa shape index (κ3) is 3.97. The molecule has 6 nitrogen and oxygen atoms in total. The predicted molar refractivity (Wildman–Crippen MR) is 109 cm³/mol. The molecular formula is C23H25NO5. The van der Waals surface area contributed by atoms with Gasteiger partial charge in [0, 0.05) is 12.0 Å². The van der Waals surface area contributed by atoms with Crippen molar-refractivity contribution in [3.05, 3.63) is 71.0 Å². The zero-order chi connectivity index (χ0) is 21.0. The van der Waals surface area contributed by atoms with Gasteiger partial charge in [-0.25, -0.2) is 0 Å². The largest absolute Gasteiger partial charge is 0.503 e. The fourth-order valence-corrected chi connectivity index (χ4v) is 3.57. The Kier molecular flexibility index (Phi) is 6.22. The Balaban J connectivity index is 2.04. The number of rotatable bonds is 8. The highest BCUT2D eigenvalue weighted by Gasteiger charge is 2.43. The van der Waals surface area contributed by atoms with E-state index in [2.05, 4.69) is 0 Å². The van der Waals surface area contributed by atoms with Gasteiger partial charge in [0.2, 0.25) is 0 Å². The first-order valence-corrected chi connectivity index (χ1v) is 9.63. The van der Waals surface area contributed by atoms with Crippen molar-refractivity contribution in [3.8, 4) is 11.5 Å². The van der Waals surface area contributed by atoms with Crippen LogP contribution in [0.5, 0.6) is 11.5 Å². The molecule has 1 aliphatic heterocycles. The van der Waals surface area contributed by atoms with Crippen LogP contribution in [0.2, 0.25) is 0 Å². The lowest BCUT2D eigenvalue weighted by atomic mass is 9.95. The second-order valence-corrected chi connectivity index (χ2v) is 6.69. The average molecular weight is 395 g/mol. The molecule has 0 aliphatic carbocycles. The highest BCUT2D eigenvalue weighted by atomic mass is 16.5. The van der Waals surface area contributed by atoms with Gasteiger partial charge in [0.15, 0.2) is 11.5 Å². The maximum atomic E-state index is 12.9. The van der Waals surface area contributed by atoms with Crippen LogP contribution in [0.15, 0.2) is 59.9 Å². The fraction of sp³-hybridized carbons (Fsp3) is 0.304. The molecule has 1 unspecified atom stereocenters. The number of para-hydroxylation sites is 1. The summed E-state index contributed by atoms with van der Waals surface area (Å²) in [5.41, 5.74) is 1.66. The van der Waals surface area contributed by atoms with Crippen LogP contribution in [-0.2, 0) is 16.1 Å². The lowest BCUT2D eigenvalue weighted by Crippen LogP contribution is -2.30. The lowest BCUT2D eigenvalue weighted by molar-refractivity contribution is -0.130. The van der Waals surface area contributed by atoms with Crippen molar-refractivity contribution in [1.82, 2.24) is 4.90 Å². The van der Waals surface area contributed by atoms with Gasteiger partial charge in [0.1, 0.15) is 11.5 Å². The van der Waals surface area contributed by atoms with E-state index in [1.807, 2.05) is 43.3 Å². The summed E-state index contributed by atoms with van der Waals surface area (Å²) in [6.07, 6.45) is 0.197. The van der Waals surface area contributed by atoms with Crippen LogP contribution in [0, 0.1) is 0 Å². The number of methoxy groups -OCH3 is 1. The van der Waals surface area contributed by atoms with Crippen LogP contribution >= 0.6 is 0 Å². The molecule has 1 atom stereocenters. The summed E-state index contributed by atoms with van der Waals surface area (Å²) in [7, 11) is 1.57. The molecule has 0 saturated heterocycles. The average Bonchev–Trinajstić information content (AvgIpc) is 2.99. The SMILES string of the molecule is CCOc1ccc(C2C(C(=O)CC)=C(O)C(=O)N2Cc2ccccc2OC)cc1. The third-order valence-electron chi connectivity index (χ3n) is 4.97. The number of benzene rings is 2. The number of ether oxygens (including phenoxy) is 2. The first kappa shape index (κ1) is 20.5. The van der Waals surface area contributed by atoms with Gasteiger partial charge in [-0.05, 0) is 30.7 Å². The van der Waals surface area contributed by atoms with Crippen LogP contribution in [-0.4, -0.2) is 35.4 Å². The van der Waals surface area contributed by atoms with Crippen molar-refractivity contribution in [3.63, 3.8) is 0 Å². The number of aliphatic hydroxyl groups excluding tert-OH is 1. The zero-order valence-electron chi connectivity index (χ0n) is 16.8. The van der Waals surface area contributed by atoms with E-state index in [1.165, 1.54) is 4.90 Å². The highest BCUT2D eigenvalue weighted by molar-refractivity contribution is 6.08. The van der Waals surface area contributed by atoms with E-state index in [0.717, 1.165) is 11.1 Å². The molecule has 1 amide bonds. The Bertz CT molecular complexity index is 933. The molecule has 0 saturated carbocycles. The molecule has 29 heavy (non-hydrogen) atoms. The molecular weight excluding hydrogens is 370 g/mol. The number of hydrogen-bond acceptors (Lipinski definition) is 5. The second-order valence-electron chi connectivity index (χ2n) is 6.69. The van der Waals surface area contributed by atoms with Crippen molar-refractivity contribution in [2.75, 3.05) is 13.7 Å². The van der Waals surface area contributed by atoms with Crippen molar-refractivity contribution in [2.45, 2.75) is 32.9 Å². The molecule has 1 aliphatic rings. The first-order valence-electron chi connectivity index (χ1n) is 9.63. The zero-order valence-corrected chi connectivity index (χ0v) is 16.8. The molecule has 0 spiro atoms. The van der Waals surface area contributed by atoms with Gasteiger partial charge in [0.05, 0.1) is 31.9 Å². The van der Waals surface area contributed by atoms with E-state index in [4.69, 9.17) is 9.47 Å². The van der Waals surface area contributed by atoms with E-state index < -0.39 is 17.7 Å². The minimum Gasteiger partial charge on any atom is -0.503 e. The van der Waals surface area contributed by atoms with Crippen molar-refractivity contribution in [2.24, 2.45) is 0 Å². The number of aliphatic hydroxyl groups is 1. The summed E-state index contributed by atoms with van der Waals surface area (Å²) in [6.45, 7) is 4.36. The number of nitrogens with zero attached hydrogens (tertiary/aromatic N) is 1. The summed E-state index contributed by atoms with van der Waals surface area (Å²) in [6, 6.07) is 13.9. The van der Waals surface area contributed by atoms with Crippen molar-refractivity contribution < 1.29 is 24.2 Å². The standard InChI is InChI=1S/C23H25NO5/c1-4-18(25)20-21(15-10-12-17(13-11-15)29-5-2)24(23(27)22(20)26)14-16-8-6-7-9-19(16)28-3/h6-13,21,26H,4-5,14H2,1-3H3. The Morgan fingerprint density at radius 2 is 1.79 bits per heavy atom. The second kappa shape index (κ2) is 8.82. The fourth-order valence-electron chi connectivity index (χ4n) is 3.57. The van der Waals surface area contributed by atoms with Gasteiger partial charge in [-0.15, -0.1) is 0 Å². The number of hydrogen-bond donors (Lipinski definition) is 1. The number of ketones is 1. The Morgan fingerprint density at radius 1 is 1.10 bits per heavy atom. The minimum absolute atomic E-state index is 0.136. The smallest absolute Gasteiger partial charge is 0.290 e. The van der Waals surface area contributed by atoms with E-state index >= 15 is 0 Å². The molecule has 1 heterocycles. The van der Waals surface area contributed by atoms with Gasteiger partial charge in [-0.3, -0.25) is 9.59 Å². The summed E-state index contributed by atoms with van der Waals surface area (Å²) < 4.78 is 10.9. The highest BCUT2D eigenvalue weighted by Crippen LogP contribution is 2.40. The molecule has 2 aromatic carbocycles. The Morgan fingerprint density at radius 3 is 2.41 bits per heavy atom. The topological polar surface area (TPSA) is 76.1 Å². The van der Waals surface area contributed by atoms with Gasteiger partial charge in [-0.1, -0.05) is 37.3 Å².